The summed E-state index contributed by atoms with van der Waals surface area (Å²) in [6.45, 7) is 9.13. The number of benzene rings is 3. The number of aryl methyl sites for hydroxylation is 2. The minimum atomic E-state index is -0.195. The van der Waals surface area contributed by atoms with Crippen molar-refractivity contribution in [2.45, 2.75) is 33.4 Å². The summed E-state index contributed by atoms with van der Waals surface area (Å²) in [5.74, 6) is 2.16. The molecule has 1 aromatic heterocycles. The molecule has 0 aliphatic heterocycles. The molecule has 0 unspecified atom stereocenters. The number of amides is 1. The van der Waals surface area contributed by atoms with Gasteiger partial charge in [0, 0.05) is 0 Å². The van der Waals surface area contributed by atoms with Crippen LogP contribution in [0.2, 0.25) is 0 Å². The third-order valence-corrected chi connectivity index (χ3v) is 5.79. The summed E-state index contributed by atoms with van der Waals surface area (Å²) in [6, 6.07) is 21.9. The minimum Gasteiger partial charge on any atom is -0.491 e. The molecular formula is C29H31N3O3. The fourth-order valence-corrected chi connectivity index (χ4v) is 3.96. The van der Waals surface area contributed by atoms with Gasteiger partial charge in [-0.2, -0.15) is 0 Å². The molecular weight excluding hydrogens is 438 g/mol. The van der Waals surface area contributed by atoms with E-state index >= 15 is 0 Å². The summed E-state index contributed by atoms with van der Waals surface area (Å²) < 4.78 is 13.9. The number of hydrogen-bond donors (Lipinski definition) is 1. The Bertz CT molecular complexity index is 1330. The Morgan fingerprint density at radius 3 is 2.69 bits per heavy atom. The van der Waals surface area contributed by atoms with Gasteiger partial charge in [0.1, 0.15) is 23.9 Å². The first-order chi connectivity index (χ1) is 17.0. The topological polar surface area (TPSA) is 65.4 Å². The lowest BCUT2D eigenvalue weighted by atomic mass is 10.1. The van der Waals surface area contributed by atoms with Crippen LogP contribution in [-0.2, 0) is 24.3 Å². The number of ether oxygens (including phenoxy) is 2. The second-order valence-corrected chi connectivity index (χ2v) is 8.45. The van der Waals surface area contributed by atoms with Gasteiger partial charge in [0.15, 0.2) is 6.61 Å². The van der Waals surface area contributed by atoms with Gasteiger partial charge in [-0.25, -0.2) is 4.98 Å². The number of hydrogen-bond acceptors (Lipinski definition) is 4. The predicted molar refractivity (Wildman–Crippen MR) is 139 cm³/mol. The average Bonchev–Trinajstić information content (AvgIpc) is 3.22. The van der Waals surface area contributed by atoms with E-state index in [1.165, 1.54) is 0 Å². The van der Waals surface area contributed by atoms with Crippen molar-refractivity contribution >= 4 is 16.9 Å². The minimum absolute atomic E-state index is 0.0479. The van der Waals surface area contributed by atoms with Gasteiger partial charge in [-0.15, -0.1) is 6.58 Å². The highest BCUT2D eigenvalue weighted by molar-refractivity contribution is 5.78. The molecule has 4 rings (SSSR count). The molecule has 0 radical (unpaired) electrons. The highest BCUT2D eigenvalue weighted by Gasteiger charge is 2.13. The Morgan fingerprint density at radius 2 is 1.83 bits per heavy atom. The number of imidazole rings is 1. The molecule has 0 saturated heterocycles. The first-order valence-corrected chi connectivity index (χ1v) is 11.8. The summed E-state index contributed by atoms with van der Waals surface area (Å²) in [7, 11) is 0. The summed E-state index contributed by atoms with van der Waals surface area (Å²) in [5, 5.41) is 2.94. The van der Waals surface area contributed by atoms with Gasteiger partial charge >= 0.3 is 0 Å². The van der Waals surface area contributed by atoms with Crippen LogP contribution in [0.5, 0.6) is 11.5 Å². The molecule has 0 aliphatic rings. The molecule has 0 aliphatic carbocycles. The second kappa shape index (κ2) is 11.4. The summed E-state index contributed by atoms with van der Waals surface area (Å²) >= 11 is 0. The molecule has 1 N–H and O–H groups in total. The van der Waals surface area contributed by atoms with Crippen molar-refractivity contribution < 1.29 is 14.3 Å². The van der Waals surface area contributed by atoms with Gasteiger partial charge in [-0.1, -0.05) is 48.5 Å². The number of rotatable bonds is 11. The zero-order valence-electron chi connectivity index (χ0n) is 20.3. The lowest BCUT2D eigenvalue weighted by molar-refractivity contribution is -0.123. The van der Waals surface area contributed by atoms with Crippen LogP contribution in [0.1, 0.15) is 22.5 Å². The zero-order valence-corrected chi connectivity index (χ0v) is 20.3. The van der Waals surface area contributed by atoms with Crippen LogP contribution in [0.3, 0.4) is 0 Å². The number of para-hydroxylation sites is 3. The Balaban J connectivity index is 1.40. The van der Waals surface area contributed by atoms with E-state index < -0.39 is 0 Å². The predicted octanol–water partition coefficient (Wildman–Crippen LogP) is 5.16. The van der Waals surface area contributed by atoms with Crippen LogP contribution in [0.15, 0.2) is 79.4 Å². The zero-order chi connectivity index (χ0) is 24.6. The van der Waals surface area contributed by atoms with E-state index in [-0.39, 0.29) is 12.5 Å². The standard InChI is InChI=1S/C29H31N3O3/c1-4-9-23-10-5-8-13-26(23)34-17-16-32-25-12-7-6-11-24(25)31-28(32)19-30-29(33)20-35-27-18-21(2)14-15-22(27)3/h4-8,10-15,18H,1,9,16-17,19-20H2,2-3H3,(H,30,33). The molecule has 3 aromatic carbocycles. The van der Waals surface area contributed by atoms with Crippen molar-refractivity contribution in [3.8, 4) is 11.5 Å². The molecule has 180 valence electrons. The largest absolute Gasteiger partial charge is 0.491 e. The summed E-state index contributed by atoms with van der Waals surface area (Å²) in [6.07, 6.45) is 2.63. The Morgan fingerprint density at radius 1 is 1.03 bits per heavy atom. The molecule has 35 heavy (non-hydrogen) atoms. The number of fused-ring (bicyclic) bond motifs is 1. The highest BCUT2D eigenvalue weighted by atomic mass is 16.5. The number of aromatic nitrogens is 2. The first kappa shape index (κ1) is 24.1. The average molecular weight is 470 g/mol. The molecule has 0 spiro atoms. The van der Waals surface area contributed by atoms with Gasteiger partial charge in [-0.3, -0.25) is 4.79 Å². The molecule has 0 atom stereocenters. The molecule has 6 heteroatoms. The number of nitrogens with zero attached hydrogens (tertiary/aromatic N) is 2. The van der Waals surface area contributed by atoms with Gasteiger partial charge < -0.3 is 19.4 Å². The van der Waals surface area contributed by atoms with Gasteiger partial charge in [0.2, 0.25) is 0 Å². The van der Waals surface area contributed by atoms with E-state index in [0.29, 0.717) is 19.7 Å². The SMILES string of the molecule is C=CCc1ccccc1OCCn1c(CNC(=O)COc2cc(C)ccc2C)nc2ccccc21. The van der Waals surface area contributed by atoms with Gasteiger partial charge in [0.05, 0.1) is 24.1 Å². The van der Waals surface area contributed by atoms with Crippen molar-refractivity contribution in [3.05, 3.63) is 102 Å². The maximum Gasteiger partial charge on any atom is 0.258 e. The van der Waals surface area contributed by atoms with Crippen LogP contribution in [0.4, 0.5) is 0 Å². The van der Waals surface area contributed by atoms with Crippen molar-refractivity contribution in [2.75, 3.05) is 13.2 Å². The summed E-state index contributed by atoms with van der Waals surface area (Å²) in [5.41, 5.74) is 5.09. The lowest BCUT2D eigenvalue weighted by Crippen LogP contribution is -2.30. The van der Waals surface area contributed by atoms with E-state index in [2.05, 4.69) is 16.5 Å². The van der Waals surface area contributed by atoms with Crippen molar-refractivity contribution in [1.29, 1.82) is 0 Å². The molecule has 1 amide bonds. The lowest BCUT2D eigenvalue weighted by Gasteiger charge is -2.14. The molecule has 6 nitrogen and oxygen atoms in total. The summed E-state index contributed by atoms with van der Waals surface area (Å²) in [4.78, 5) is 17.2. The van der Waals surface area contributed by atoms with Crippen LogP contribution in [0.25, 0.3) is 11.0 Å². The fourth-order valence-electron chi connectivity index (χ4n) is 3.96. The van der Waals surface area contributed by atoms with E-state index in [0.717, 1.165) is 51.5 Å². The molecule has 1 heterocycles. The first-order valence-electron chi connectivity index (χ1n) is 11.8. The van der Waals surface area contributed by atoms with Crippen molar-refractivity contribution in [1.82, 2.24) is 14.9 Å². The Kier molecular flexibility index (Phi) is 7.83. The quantitative estimate of drug-likeness (QED) is 0.308. The number of allylic oxidation sites excluding steroid dienone is 1. The smallest absolute Gasteiger partial charge is 0.258 e. The van der Waals surface area contributed by atoms with Gasteiger partial charge in [0.25, 0.3) is 5.91 Å². The van der Waals surface area contributed by atoms with Crippen LogP contribution in [0, 0.1) is 13.8 Å². The van der Waals surface area contributed by atoms with E-state index in [9.17, 15) is 4.79 Å². The third kappa shape index (κ3) is 6.09. The third-order valence-electron chi connectivity index (χ3n) is 5.79. The maximum absolute atomic E-state index is 12.5. The number of carbonyl (C=O) groups excluding carboxylic acids is 1. The Hall–Kier alpha value is -4.06. The van der Waals surface area contributed by atoms with Crippen molar-refractivity contribution in [3.63, 3.8) is 0 Å². The van der Waals surface area contributed by atoms with E-state index in [1.54, 1.807) is 0 Å². The number of nitrogens with one attached hydrogen (secondary N) is 1. The molecule has 0 saturated carbocycles. The van der Waals surface area contributed by atoms with Crippen LogP contribution < -0.4 is 14.8 Å². The maximum atomic E-state index is 12.5. The number of carbonyl (C=O) groups is 1. The van der Waals surface area contributed by atoms with Crippen molar-refractivity contribution in [2.24, 2.45) is 0 Å². The van der Waals surface area contributed by atoms with Crippen LogP contribution in [-0.4, -0.2) is 28.7 Å². The van der Waals surface area contributed by atoms with E-state index in [1.807, 2.05) is 86.7 Å². The van der Waals surface area contributed by atoms with Crippen LogP contribution >= 0.6 is 0 Å². The highest BCUT2D eigenvalue weighted by Crippen LogP contribution is 2.21. The normalized spacial score (nSPS) is 10.8. The Labute approximate surface area is 206 Å². The molecule has 0 bridgehead atoms. The van der Waals surface area contributed by atoms with Gasteiger partial charge in [-0.05, 0) is 61.2 Å². The second-order valence-electron chi connectivity index (χ2n) is 8.45. The monoisotopic (exact) mass is 469 g/mol. The molecule has 4 aromatic rings. The van der Waals surface area contributed by atoms with E-state index in [4.69, 9.17) is 14.5 Å². The molecule has 0 fully saturated rings. The fraction of sp³-hybridized carbons (Fsp3) is 0.241.